The average molecular weight is 395 g/mol. The van der Waals surface area contributed by atoms with Crippen LogP contribution in [-0.2, 0) is 13.1 Å². The molecule has 0 unspecified atom stereocenters. The monoisotopic (exact) mass is 393 g/mol. The summed E-state index contributed by atoms with van der Waals surface area (Å²) in [6.07, 6.45) is 0. The smallest absolute Gasteiger partial charge is 0.220 e. The van der Waals surface area contributed by atoms with Crippen LogP contribution in [0.5, 0.6) is 5.75 Å². The zero-order chi connectivity index (χ0) is 16.6. The van der Waals surface area contributed by atoms with Gasteiger partial charge in [-0.1, -0.05) is 11.6 Å². The normalized spacial score (nSPS) is 13.7. The van der Waals surface area contributed by atoms with Crippen LogP contribution in [0.2, 0.25) is 5.02 Å². The average Bonchev–Trinajstić information content (AvgIpc) is 2.89. The molecule has 23 heavy (non-hydrogen) atoms. The van der Waals surface area contributed by atoms with Crippen LogP contribution in [0.1, 0.15) is 11.3 Å². The molecule has 0 aliphatic carbocycles. The molecule has 0 amide bonds. The summed E-state index contributed by atoms with van der Waals surface area (Å²) in [5.74, 6) is 0.845. The fraction of sp³-hybridized carbons (Fsp3) is 0.267. The fourth-order valence-corrected chi connectivity index (χ4v) is 3.53. The maximum Gasteiger partial charge on any atom is 0.220 e. The molecule has 0 fully saturated rings. The van der Waals surface area contributed by atoms with Crippen molar-refractivity contribution in [2.45, 2.75) is 13.1 Å². The van der Waals surface area contributed by atoms with Crippen LogP contribution < -0.4 is 10.5 Å². The van der Waals surface area contributed by atoms with Crippen molar-refractivity contribution >= 4 is 33.5 Å². The molecule has 6 nitrogen and oxygen atoms in total. The number of hydrogen-bond acceptors (Lipinski definition) is 6. The highest BCUT2D eigenvalue weighted by Crippen LogP contribution is 2.39. The first-order chi connectivity index (χ1) is 11.0. The highest BCUT2D eigenvalue weighted by atomic mass is 79.9. The first-order valence-corrected chi connectivity index (χ1v) is 7.98. The third-order valence-corrected chi connectivity index (χ3v) is 4.59. The largest absolute Gasteiger partial charge is 0.496 e. The Labute approximate surface area is 147 Å². The van der Waals surface area contributed by atoms with Gasteiger partial charge in [0.25, 0.3) is 0 Å². The predicted molar refractivity (Wildman–Crippen MR) is 90.9 cm³/mol. The molecule has 0 saturated carbocycles. The van der Waals surface area contributed by atoms with Crippen molar-refractivity contribution in [3.8, 4) is 23.1 Å². The van der Waals surface area contributed by atoms with E-state index in [1.807, 2.05) is 11.0 Å². The Kier molecular flexibility index (Phi) is 4.39. The summed E-state index contributed by atoms with van der Waals surface area (Å²) in [6.45, 7) is 1.49. The number of rotatable bonds is 3. The minimum Gasteiger partial charge on any atom is -0.496 e. The van der Waals surface area contributed by atoms with Gasteiger partial charge in [0.05, 0.1) is 40.6 Å². The van der Waals surface area contributed by atoms with Gasteiger partial charge in [0, 0.05) is 24.2 Å². The fourth-order valence-electron chi connectivity index (χ4n) is 2.64. The number of hydrogen-bond donors (Lipinski definition) is 1. The van der Waals surface area contributed by atoms with Gasteiger partial charge >= 0.3 is 0 Å². The van der Waals surface area contributed by atoms with Crippen molar-refractivity contribution < 1.29 is 4.74 Å². The molecule has 1 aliphatic rings. The Balaban J connectivity index is 2.14. The van der Waals surface area contributed by atoms with E-state index in [-0.39, 0.29) is 5.95 Å². The zero-order valence-corrected chi connectivity index (χ0v) is 14.6. The minimum atomic E-state index is 0.190. The first-order valence-electron chi connectivity index (χ1n) is 6.81. The van der Waals surface area contributed by atoms with Gasteiger partial charge in [-0.2, -0.15) is 5.26 Å². The topological polar surface area (TPSA) is 88.1 Å². The van der Waals surface area contributed by atoms with Crippen molar-refractivity contribution in [1.82, 2.24) is 14.9 Å². The van der Waals surface area contributed by atoms with Gasteiger partial charge < -0.3 is 10.5 Å². The highest BCUT2D eigenvalue weighted by molar-refractivity contribution is 9.10. The van der Waals surface area contributed by atoms with E-state index in [1.165, 1.54) is 0 Å². The Hall–Kier alpha value is -1.88. The summed E-state index contributed by atoms with van der Waals surface area (Å²) in [6, 6.07) is 5.74. The number of benzene rings is 1. The standard InChI is InChI=1S/C15H13BrClN5O/c1-23-13-4-8(11(17)5-10(13)16)14-9-6-22(3-2-18)7-12(9)20-15(19)21-14/h4-5H,3,6-7H2,1H3,(H2,19,20,21). The van der Waals surface area contributed by atoms with Gasteiger partial charge in [-0.05, 0) is 28.1 Å². The number of nitrogens with zero attached hydrogens (tertiary/aromatic N) is 4. The van der Waals surface area contributed by atoms with Crippen LogP contribution in [0.15, 0.2) is 16.6 Å². The molecule has 2 N–H and O–H groups in total. The Morgan fingerprint density at radius 3 is 2.91 bits per heavy atom. The molecule has 2 aromatic rings. The number of nitrogen functional groups attached to an aromatic ring is 1. The van der Waals surface area contributed by atoms with Crippen LogP contribution in [-0.4, -0.2) is 28.5 Å². The lowest BCUT2D eigenvalue weighted by molar-refractivity contribution is 0.319. The maximum atomic E-state index is 8.89. The van der Waals surface area contributed by atoms with Gasteiger partial charge in [0.15, 0.2) is 0 Å². The Morgan fingerprint density at radius 1 is 1.43 bits per heavy atom. The molecule has 0 spiro atoms. The van der Waals surface area contributed by atoms with E-state index in [1.54, 1.807) is 13.2 Å². The lowest BCUT2D eigenvalue weighted by Gasteiger charge is -2.12. The lowest BCUT2D eigenvalue weighted by Crippen LogP contribution is -2.16. The summed E-state index contributed by atoms with van der Waals surface area (Å²) in [5, 5.41) is 9.43. The number of aromatic nitrogens is 2. The van der Waals surface area contributed by atoms with Crippen molar-refractivity contribution in [2.24, 2.45) is 0 Å². The minimum absolute atomic E-state index is 0.190. The van der Waals surface area contributed by atoms with E-state index < -0.39 is 0 Å². The molecular formula is C15H13BrClN5O. The predicted octanol–water partition coefficient (Wildman–Crippen LogP) is 2.99. The van der Waals surface area contributed by atoms with Crippen LogP contribution in [0, 0.1) is 11.3 Å². The molecule has 2 heterocycles. The van der Waals surface area contributed by atoms with E-state index in [9.17, 15) is 0 Å². The van der Waals surface area contributed by atoms with Crippen LogP contribution in [0.3, 0.4) is 0 Å². The molecular weight excluding hydrogens is 382 g/mol. The SMILES string of the molecule is COc1cc(-c2nc(N)nc3c2CN(CC#N)C3)c(Cl)cc1Br. The number of anilines is 1. The van der Waals surface area contributed by atoms with Crippen molar-refractivity contribution in [3.05, 3.63) is 32.9 Å². The molecule has 1 aromatic heterocycles. The second-order valence-electron chi connectivity index (χ2n) is 5.13. The van der Waals surface area contributed by atoms with E-state index in [2.05, 4.69) is 32.0 Å². The molecule has 8 heteroatoms. The van der Waals surface area contributed by atoms with E-state index >= 15 is 0 Å². The van der Waals surface area contributed by atoms with Crippen LogP contribution in [0.4, 0.5) is 5.95 Å². The van der Waals surface area contributed by atoms with Gasteiger partial charge in [0.2, 0.25) is 5.95 Å². The van der Waals surface area contributed by atoms with Crippen molar-refractivity contribution in [3.63, 3.8) is 0 Å². The third kappa shape index (κ3) is 2.98. The molecule has 0 bridgehead atoms. The molecule has 0 atom stereocenters. The van der Waals surface area contributed by atoms with Gasteiger partial charge in [0.1, 0.15) is 5.75 Å². The Morgan fingerprint density at radius 2 is 2.22 bits per heavy atom. The number of halogens is 2. The number of nitrogens with two attached hydrogens (primary N) is 1. The number of nitriles is 1. The quantitative estimate of drug-likeness (QED) is 0.805. The van der Waals surface area contributed by atoms with Gasteiger partial charge in [-0.3, -0.25) is 4.90 Å². The molecule has 1 aromatic carbocycles. The summed E-state index contributed by atoms with van der Waals surface area (Å²) in [7, 11) is 1.59. The lowest BCUT2D eigenvalue weighted by atomic mass is 10.1. The second kappa shape index (κ2) is 6.32. The van der Waals surface area contributed by atoms with Crippen LogP contribution in [0.25, 0.3) is 11.3 Å². The summed E-state index contributed by atoms with van der Waals surface area (Å²) >= 11 is 9.80. The summed E-state index contributed by atoms with van der Waals surface area (Å²) < 4.78 is 6.10. The maximum absolute atomic E-state index is 8.89. The number of fused-ring (bicyclic) bond motifs is 1. The van der Waals surface area contributed by atoms with E-state index in [4.69, 9.17) is 27.3 Å². The molecule has 118 valence electrons. The van der Waals surface area contributed by atoms with Crippen molar-refractivity contribution in [1.29, 1.82) is 5.26 Å². The number of ether oxygens (including phenoxy) is 1. The number of methoxy groups -OCH3 is 1. The first kappa shape index (κ1) is 16.0. The summed E-state index contributed by atoms with van der Waals surface area (Å²) in [5.41, 5.74) is 9.04. The Bertz CT molecular complexity index is 820. The third-order valence-electron chi connectivity index (χ3n) is 3.66. The van der Waals surface area contributed by atoms with Crippen LogP contribution >= 0.6 is 27.5 Å². The summed E-state index contributed by atoms with van der Waals surface area (Å²) in [4.78, 5) is 10.6. The van der Waals surface area contributed by atoms with E-state index in [0.717, 1.165) is 21.3 Å². The van der Waals surface area contributed by atoms with E-state index in [0.29, 0.717) is 36.1 Å². The zero-order valence-electron chi connectivity index (χ0n) is 12.3. The second-order valence-corrected chi connectivity index (χ2v) is 6.39. The van der Waals surface area contributed by atoms with Gasteiger partial charge in [-0.15, -0.1) is 0 Å². The highest BCUT2D eigenvalue weighted by Gasteiger charge is 2.26. The van der Waals surface area contributed by atoms with Crippen molar-refractivity contribution in [2.75, 3.05) is 19.4 Å². The van der Waals surface area contributed by atoms with Gasteiger partial charge in [-0.25, -0.2) is 9.97 Å². The molecule has 1 aliphatic heterocycles. The molecule has 0 saturated heterocycles. The molecule has 3 rings (SSSR count). The molecule has 0 radical (unpaired) electrons.